The molecule has 0 aliphatic carbocycles. The molecule has 1 fully saturated rings. The number of carbonyl (C=O) groups is 5. The number of nitrogens with two attached hydrogens (primary N) is 1. The highest BCUT2D eigenvalue weighted by molar-refractivity contribution is 5.94. The third kappa shape index (κ3) is 7.87. The van der Waals surface area contributed by atoms with Gasteiger partial charge in [-0.3, -0.25) is 19.2 Å². The highest BCUT2D eigenvalue weighted by Crippen LogP contribution is 2.20. The second-order valence-corrected chi connectivity index (χ2v) is 9.16. The van der Waals surface area contributed by atoms with Crippen LogP contribution in [0.15, 0.2) is 42.9 Å². The van der Waals surface area contributed by atoms with Gasteiger partial charge in [-0.1, -0.05) is 30.3 Å². The van der Waals surface area contributed by atoms with Gasteiger partial charge in [0.1, 0.15) is 18.1 Å². The third-order valence-electron chi connectivity index (χ3n) is 6.33. The third-order valence-corrected chi connectivity index (χ3v) is 6.33. The Balaban J connectivity index is 1.74. The first-order valence-corrected chi connectivity index (χ1v) is 12.3. The van der Waals surface area contributed by atoms with Gasteiger partial charge in [-0.25, -0.2) is 9.78 Å². The smallest absolute Gasteiger partial charge is 0.326 e. The van der Waals surface area contributed by atoms with Crippen molar-refractivity contribution in [2.75, 3.05) is 6.54 Å². The summed E-state index contributed by atoms with van der Waals surface area (Å²) in [4.78, 5) is 70.0. The van der Waals surface area contributed by atoms with Crippen molar-refractivity contribution in [1.29, 1.82) is 0 Å². The van der Waals surface area contributed by atoms with Crippen LogP contribution >= 0.6 is 0 Å². The maximum Gasteiger partial charge on any atom is 0.326 e. The zero-order valence-corrected chi connectivity index (χ0v) is 20.7. The summed E-state index contributed by atoms with van der Waals surface area (Å²) < 4.78 is 0. The molecule has 0 spiro atoms. The van der Waals surface area contributed by atoms with Crippen LogP contribution in [0.4, 0.5) is 0 Å². The molecule has 0 radical (unpaired) electrons. The van der Waals surface area contributed by atoms with Crippen molar-refractivity contribution in [3.8, 4) is 0 Å². The predicted octanol–water partition coefficient (Wildman–Crippen LogP) is -0.568. The molecule has 0 saturated carbocycles. The number of rotatable bonds is 13. The van der Waals surface area contributed by atoms with Crippen LogP contribution < -0.4 is 16.4 Å². The van der Waals surface area contributed by atoms with E-state index in [-0.39, 0.29) is 25.8 Å². The van der Waals surface area contributed by atoms with Crippen LogP contribution in [0.3, 0.4) is 0 Å². The Labute approximate surface area is 218 Å². The molecule has 2 heterocycles. The van der Waals surface area contributed by atoms with E-state index in [0.717, 1.165) is 5.56 Å². The summed E-state index contributed by atoms with van der Waals surface area (Å²) in [7, 11) is 0. The van der Waals surface area contributed by atoms with E-state index >= 15 is 0 Å². The lowest BCUT2D eigenvalue weighted by Crippen LogP contribution is -2.57. The van der Waals surface area contributed by atoms with Crippen LogP contribution in [0.5, 0.6) is 0 Å². The molecule has 13 heteroatoms. The standard InChI is InChI=1S/C25H32N6O7/c26-17(12-16-13-27-14-28-16)22(34)30-19(11-15-5-2-1-3-6-15)24(36)31-10-4-7-20(31)23(35)29-18(25(37)38)8-9-21(32)33/h1-3,5-6,13-14,17-20H,4,7-12,26H2,(H,27,28)(H,29,35)(H,30,34)(H,32,33)(H,37,38). The fraction of sp³-hybridized carbons (Fsp3) is 0.440. The van der Waals surface area contributed by atoms with Gasteiger partial charge in [-0.05, 0) is 24.8 Å². The first-order valence-electron chi connectivity index (χ1n) is 12.3. The molecule has 1 aliphatic rings. The van der Waals surface area contributed by atoms with E-state index in [4.69, 9.17) is 10.8 Å². The van der Waals surface area contributed by atoms with Crippen molar-refractivity contribution in [3.05, 3.63) is 54.1 Å². The second-order valence-electron chi connectivity index (χ2n) is 9.16. The number of amides is 3. The summed E-state index contributed by atoms with van der Waals surface area (Å²) in [5.41, 5.74) is 7.51. The Morgan fingerprint density at radius 3 is 2.45 bits per heavy atom. The molecule has 4 atom stereocenters. The second kappa shape index (κ2) is 13.3. The highest BCUT2D eigenvalue weighted by Gasteiger charge is 2.39. The molecule has 13 nitrogen and oxygen atoms in total. The highest BCUT2D eigenvalue weighted by atomic mass is 16.4. The van der Waals surface area contributed by atoms with Crippen molar-refractivity contribution in [3.63, 3.8) is 0 Å². The number of hydrogen-bond donors (Lipinski definition) is 6. The van der Waals surface area contributed by atoms with Crippen LogP contribution in [-0.2, 0) is 36.8 Å². The van der Waals surface area contributed by atoms with E-state index in [0.29, 0.717) is 18.5 Å². The van der Waals surface area contributed by atoms with Crippen LogP contribution in [0.2, 0.25) is 0 Å². The number of aromatic nitrogens is 2. The molecule has 2 aromatic rings. The van der Waals surface area contributed by atoms with Crippen molar-refractivity contribution in [2.45, 2.75) is 62.7 Å². The number of carbonyl (C=O) groups excluding carboxylic acids is 3. The van der Waals surface area contributed by atoms with Gasteiger partial charge in [0.25, 0.3) is 0 Å². The molecule has 3 rings (SSSR count). The van der Waals surface area contributed by atoms with Crippen LogP contribution in [0.25, 0.3) is 0 Å². The van der Waals surface area contributed by atoms with Crippen molar-refractivity contribution in [1.82, 2.24) is 25.5 Å². The van der Waals surface area contributed by atoms with E-state index in [1.807, 2.05) is 18.2 Å². The topological polar surface area (TPSA) is 208 Å². The number of carboxylic acids is 2. The molecule has 1 aromatic carbocycles. The molecule has 204 valence electrons. The molecule has 1 aromatic heterocycles. The van der Waals surface area contributed by atoms with Gasteiger partial charge >= 0.3 is 11.9 Å². The molecule has 3 amide bonds. The van der Waals surface area contributed by atoms with E-state index < -0.39 is 60.2 Å². The normalized spacial score (nSPS) is 17.3. The predicted molar refractivity (Wildman–Crippen MR) is 134 cm³/mol. The first-order chi connectivity index (χ1) is 18.2. The van der Waals surface area contributed by atoms with Crippen molar-refractivity contribution >= 4 is 29.7 Å². The van der Waals surface area contributed by atoms with Gasteiger partial charge in [0.2, 0.25) is 17.7 Å². The maximum atomic E-state index is 13.7. The minimum absolute atomic E-state index is 0.156. The number of H-pyrrole nitrogens is 1. The number of hydrogen-bond acceptors (Lipinski definition) is 7. The minimum atomic E-state index is -1.41. The zero-order valence-electron chi connectivity index (χ0n) is 20.7. The zero-order chi connectivity index (χ0) is 27.7. The van der Waals surface area contributed by atoms with E-state index in [1.54, 1.807) is 18.3 Å². The number of nitrogens with one attached hydrogen (secondary N) is 3. The van der Waals surface area contributed by atoms with E-state index in [1.165, 1.54) is 11.2 Å². The van der Waals surface area contributed by atoms with Gasteiger partial charge in [0, 0.05) is 37.7 Å². The molecule has 0 bridgehead atoms. The Morgan fingerprint density at radius 1 is 1.08 bits per heavy atom. The Kier molecular flexibility index (Phi) is 9.93. The largest absolute Gasteiger partial charge is 0.481 e. The monoisotopic (exact) mass is 528 g/mol. The number of aromatic amines is 1. The first kappa shape index (κ1) is 28.3. The summed E-state index contributed by atoms with van der Waals surface area (Å²) in [6, 6.07) is 4.72. The van der Waals surface area contributed by atoms with Gasteiger partial charge in [0.15, 0.2) is 0 Å². The summed E-state index contributed by atoms with van der Waals surface area (Å²) >= 11 is 0. The number of nitrogens with zero attached hydrogens (tertiary/aromatic N) is 2. The lowest BCUT2D eigenvalue weighted by atomic mass is 10.0. The average Bonchev–Trinajstić information content (AvgIpc) is 3.58. The molecule has 7 N–H and O–H groups in total. The van der Waals surface area contributed by atoms with E-state index in [9.17, 15) is 29.1 Å². The number of aliphatic carboxylic acids is 2. The molecular weight excluding hydrogens is 496 g/mol. The number of benzene rings is 1. The summed E-state index contributed by atoms with van der Waals surface area (Å²) in [6.45, 7) is 0.241. The summed E-state index contributed by atoms with van der Waals surface area (Å²) in [5, 5.41) is 23.3. The number of likely N-dealkylation sites (tertiary alicyclic amines) is 1. The fourth-order valence-electron chi connectivity index (χ4n) is 4.35. The lowest BCUT2D eigenvalue weighted by Gasteiger charge is -2.30. The molecule has 4 unspecified atom stereocenters. The molecule has 1 saturated heterocycles. The SMILES string of the molecule is NC(Cc1cnc[nH]1)C(=O)NC(Cc1ccccc1)C(=O)N1CCCC1C(=O)NC(CCC(=O)O)C(=O)O. The lowest BCUT2D eigenvalue weighted by molar-refractivity contribution is -0.145. The van der Waals surface area contributed by atoms with Crippen LogP contribution in [0.1, 0.15) is 36.9 Å². The van der Waals surface area contributed by atoms with Crippen LogP contribution in [0, 0.1) is 0 Å². The fourth-order valence-corrected chi connectivity index (χ4v) is 4.35. The number of imidazole rings is 1. The van der Waals surface area contributed by atoms with Crippen LogP contribution in [-0.4, -0.2) is 85.5 Å². The van der Waals surface area contributed by atoms with Crippen molar-refractivity contribution in [2.24, 2.45) is 5.73 Å². The van der Waals surface area contributed by atoms with Gasteiger partial charge in [0.05, 0.1) is 12.4 Å². The summed E-state index contributed by atoms with van der Waals surface area (Å²) in [6.07, 6.45) is 3.43. The van der Waals surface area contributed by atoms with Crippen molar-refractivity contribution < 1.29 is 34.2 Å². The Hall–Kier alpha value is -4.26. The van der Waals surface area contributed by atoms with E-state index in [2.05, 4.69) is 20.6 Å². The molecule has 38 heavy (non-hydrogen) atoms. The molecular formula is C25H32N6O7. The summed E-state index contributed by atoms with van der Waals surface area (Å²) in [5.74, 6) is -4.28. The van der Waals surface area contributed by atoms with Gasteiger partial charge < -0.3 is 36.5 Å². The average molecular weight is 529 g/mol. The van der Waals surface area contributed by atoms with Gasteiger partial charge in [-0.15, -0.1) is 0 Å². The minimum Gasteiger partial charge on any atom is -0.481 e. The quantitative estimate of drug-likeness (QED) is 0.196. The Morgan fingerprint density at radius 2 is 1.82 bits per heavy atom. The van der Waals surface area contributed by atoms with Gasteiger partial charge in [-0.2, -0.15) is 0 Å². The molecule has 1 aliphatic heterocycles. The maximum absolute atomic E-state index is 13.7. The Bertz CT molecular complexity index is 1120. The number of carboxylic acid groups (broad SMARTS) is 2.